The third-order valence-electron chi connectivity index (χ3n) is 5.63. The fourth-order valence-electron chi connectivity index (χ4n) is 3.62. The molecule has 2 heterocycles. The van der Waals surface area contributed by atoms with E-state index >= 15 is 0 Å². The van der Waals surface area contributed by atoms with Crippen molar-refractivity contribution in [2.75, 3.05) is 32.1 Å². The average molecular weight is 493 g/mol. The first-order chi connectivity index (χ1) is 17.4. The second kappa shape index (κ2) is 11.1. The highest BCUT2D eigenvalue weighted by molar-refractivity contribution is 5.94. The van der Waals surface area contributed by atoms with Gasteiger partial charge in [0.2, 0.25) is 11.8 Å². The van der Waals surface area contributed by atoms with Gasteiger partial charge >= 0.3 is 0 Å². The minimum absolute atomic E-state index is 0.137. The molecule has 190 valence electrons. The second-order valence-electron chi connectivity index (χ2n) is 8.94. The molecule has 4 rings (SSSR count). The fraction of sp³-hybridized carbons (Fsp3) is 0.440. The minimum Gasteiger partial charge on any atom is -0.478 e. The summed E-state index contributed by atoms with van der Waals surface area (Å²) in [6, 6.07) is 9.07. The van der Waals surface area contributed by atoms with Crippen LogP contribution >= 0.6 is 0 Å². The van der Waals surface area contributed by atoms with Crippen LogP contribution in [-0.4, -0.2) is 70.1 Å². The number of benzene rings is 1. The monoisotopic (exact) mass is 492 g/mol. The van der Waals surface area contributed by atoms with E-state index in [0.717, 1.165) is 24.2 Å². The molecular weight excluding hydrogens is 460 g/mol. The summed E-state index contributed by atoms with van der Waals surface area (Å²) in [4.78, 5) is 35.6. The van der Waals surface area contributed by atoms with Crippen LogP contribution in [0.2, 0.25) is 0 Å². The summed E-state index contributed by atoms with van der Waals surface area (Å²) in [6.45, 7) is 4.72. The number of nitrogens with zero attached hydrogens (tertiary/aromatic N) is 6. The van der Waals surface area contributed by atoms with Crippen molar-refractivity contribution in [2.24, 2.45) is 0 Å². The summed E-state index contributed by atoms with van der Waals surface area (Å²) >= 11 is 0. The van der Waals surface area contributed by atoms with Gasteiger partial charge in [-0.2, -0.15) is 4.98 Å². The van der Waals surface area contributed by atoms with Crippen molar-refractivity contribution in [3.63, 3.8) is 0 Å². The molecule has 2 amide bonds. The maximum atomic E-state index is 12.8. The van der Waals surface area contributed by atoms with Crippen molar-refractivity contribution in [1.82, 2.24) is 35.6 Å². The van der Waals surface area contributed by atoms with Gasteiger partial charge in [0.25, 0.3) is 11.8 Å². The Labute approximate surface area is 210 Å². The Morgan fingerprint density at radius 2 is 1.89 bits per heavy atom. The van der Waals surface area contributed by atoms with Crippen molar-refractivity contribution in [2.45, 2.75) is 45.6 Å². The predicted molar refractivity (Wildman–Crippen MR) is 135 cm³/mol. The van der Waals surface area contributed by atoms with Gasteiger partial charge in [0.05, 0.1) is 18.0 Å². The lowest BCUT2D eigenvalue weighted by Crippen LogP contribution is -2.27. The first kappa shape index (κ1) is 25.1. The van der Waals surface area contributed by atoms with Gasteiger partial charge in [-0.1, -0.05) is 5.21 Å². The maximum Gasteiger partial charge on any atom is 0.273 e. The Balaban J connectivity index is 1.49. The quantitative estimate of drug-likeness (QED) is 0.390. The largest absolute Gasteiger partial charge is 0.478 e. The van der Waals surface area contributed by atoms with E-state index in [-0.39, 0.29) is 17.9 Å². The van der Waals surface area contributed by atoms with Gasteiger partial charge in [-0.25, -0.2) is 9.67 Å². The van der Waals surface area contributed by atoms with Crippen LogP contribution in [-0.2, 0) is 6.42 Å². The highest BCUT2D eigenvalue weighted by Crippen LogP contribution is 2.21. The van der Waals surface area contributed by atoms with E-state index in [4.69, 9.17) is 4.74 Å². The summed E-state index contributed by atoms with van der Waals surface area (Å²) < 4.78 is 7.54. The van der Waals surface area contributed by atoms with Crippen molar-refractivity contribution in [3.05, 3.63) is 53.0 Å². The van der Waals surface area contributed by atoms with Gasteiger partial charge < -0.3 is 20.3 Å². The molecule has 0 saturated heterocycles. The number of carbonyl (C=O) groups is 2. The first-order valence-corrected chi connectivity index (χ1v) is 12.2. The summed E-state index contributed by atoms with van der Waals surface area (Å²) in [7, 11) is 3.76. The number of ether oxygens (including phenoxy) is 1. The van der Waals surface area contributed by atoms with E-state index in [1.165, 1.54) is 0 Å². The number of hydrogen-bond donors (Lipinski definition) is 2. The lowest BCUT2D eigenvalue weighted by atomic mass is 10.1. The van der Waals surface area contributed by atoms with Gasteiger partial charge in [-0.15, -0.1) is 5.10 Å². The molecular formula is C25H32N8O3. The normalized spacial score (nSPS) is 12.8. The highest BCUT2D eigenvalue weighted by Gasteiger charge is 2.27. The van der Waals surface area contributed by atoms with Crippen molar-refractivity contribution < 1.29 is 14.3 Å². The molecule has 2 N–H and O–H groups in total. The van der Waals surface area contributed by atoms with E-state index in [0.29, 0.717) is 54.8 Å². The van der Waals surface area contributed by atoms with Crippen LogP contribution in [0.4, 0.5) is 5.95 Å². The SMILES string of the molecule is CCNC(=O)c1ccc(-n2nnc(C(=O)NC3CC3)c2CCCOc2cc(C)nc(N(C)C)n2)cc1. The summed E-state index contributed by atoms with van der Waals surface area (Å²) in [5.74, 6) is 0.732. The zero-order valence-electron chi connectivity index (χ0n) is 21.1. The van der Waals surface area contributed by atoms with E-state index in [9.17, 15) is 9.59 Å². The number of anilines is 1. The van der Waals surface area contributed by atoms with Gasteiger partial charge in [0, 0.05) is 44.0 Å². The highest BCUT2D eigenvalue weighted by atomic mass is 16.5. The lowest BCUT2D eigenvalue weighted by molar-refractivity contribution is 0.0940. The third kappa shape index (κ3) is 6.15. The fourth-order valence-corrected chi connectivity index (χ4v) is 3.62. The van der Waals surface area contributed by atoms with Gasteiger partial charge in [0.1, 0.15) is 0 Å². The number of nitrogens with one attached hydrogen (secondary N) is 2. The molecule has 11 nitrogen and oxygen atoms in total. The molecule has 3 aromatic rings. The molecule has 1 aliphatic rings. The molecule has 11 heteroatoms. The van der Waals surface area contributed by atoms with Crippen LogP contribution in [0.15, 0.2) is 30.3 Å². The van der Waals surface area contributed by atoms with Crippen LogP contribution in [0.1, 0.15) is 58.4 Å². The molecule has 0 bridgehead atoms. The van der Waals surface area contributed by atoms with Crippen LogP contribution in [0.3, 0.4) is 0 Å². The molecule has 2 aromatic heterocycles. The van der Waals surface area contributed by atoms with E-state index in [1.54, 1.807) is 35.0 Å². The summed E-state index contributed by atoms with van der Waals surface area (Å²) in [5, 5.41) is 14.2. The summed E-state index contributed by atoms with van der Waals surface area (Å²) in [6.07, 6.45) is 3.10. The zero-order valence-corrected chi connectivity index (χ0v) is 21.1. The molecule has 1 aromatic carbocycles. The van der Waals surface area contributed by atoms with E-state index < -0.39 is 0 Å². The average Bonchev–Trinajstić information content (AvgIpc) is 3.57. The molecule has 0 spiro atoms. The molecule has 0 radical (unpaired) electrons. The number of hydrogen-bond acceptors (Lipinski definition) is 8. The van der Waals surface area contributed by atoms with Crippen LogP contribution in [0.5, 0.6) is 5.88 Å². The zero-order chi connectivity index (χ0) is 25.7. The smallest absolute Gasteiger partial charge is 0.273 e. The van der Waals surface area contributed by atoms with Crippen LogP contribution in [0, 0.1) is 6.92 Å². The predicted octanol–water partition coefficient (Wildman–Crippen LogP) is 2.09. The molecule has 0 unspecified atom stereocenters. The third-order valence-corrected chi connectivity index (χ3v) is 5.63. The van der Waals surface area contributed by atoms with Gasteiger partial charge in [-0.3, -0.25) is 9.59 Å². The number of rotatable bonds is 11. The second-order valence-corrected chi connectivity index (χ2v) is 8.94. The lowest BCUT2D eigenvalue weighted by Gasteiger charge is -2.13. The Morgan fingerprint density at radius 1 is 1.14 bits per heavy atom. The number of amides is 2. The molecule has 1 fully saturated rings. The molecule has 0 aliphatic heterocycles. The number of carbonyl (C=O) groups excluding carboxylic acids is 2. The summed E-state index contributed by atoms with van der Waals surface area (Å²) in [5.41, 5.74) is 3.09. The Bertz CT molecular complexity index is 1220. The maximum absolute atomic E-state index is 12.8. The van der Waals surface area contributed by atoms with Crippen molar-refractivity contribution in [3.8, 4) is 11.6 Å². The Hall–Kier alpha value is -4.02. The molecule has 36 heavy (non-hydrogen) atoms. The van der Waals surface area contributed by atoms with Crippen molar-refractivity contribution >= 4 is 17.8 Å². The Kier molecular flexibility index (Phi) is 7.77. The van der Waals surface area contributed by atoms with Crippen LogP contribution in [0.25, 0.3) is 5.69 Å². The molecule has 1 saturated carbocycles. The van der Waals surface area contributed by atoms with E-state index in [1.807, 2.05) is 32.8 Å². The van der Waals surface area contributed by atoms with Crippen molar-refractivity contribution in [1.29, 1.82) is 0 Å². The van der Waals surface area contributed by atoms with E-state index in [2.05, 4.69) is 30.9 Å². The van der Waals surface area contributed by atoms with Crippen LogP contribution < -0.4 is 20.3 Å². The Morgan fingerprint density at radius 3 is 2.56 bits per heavy atom. The first-order valence-electron chi connectivity index (χ1n) is 12.2. The number of aryl methyl sites for hydroxylation is 1. The van der Waals surface area contributed by atoms with Gasteiger partial charge in [0.15, 0.2) is 5.69 Å². The minimum atomic E-state index is -0.222. The topological polar surface area (TPSA) is 127 Å². The number of aromatic nitrogens is 5. The standard InChI is InChI=1S/C25H32N8O3/c1-5-26-23(34)17-8-12-19(13-9-17)33-20(22(30-31-33)24(35)28-18-10-11-18)7-6-14-36-21-15-16(2)27-25(29-21)32(3)4/h8-9,12-13,15,18H,5-7,10-11,14H2,1-4H3,(H,26,34)(H,28,35). The van der Waals surface area contributed by atoms with Gasteiger partial charge in [-0.05, 0) is 63.8 Å². The molecule has 1 aliphatic carbocycles. The molecule has 0 atom stereocenters.